The molecule has 2 aliphatic heterocycles. The zero-order valence-electron chi connectivity index (χ0n) is 11.4. The number of piperazine rings is 1. The molecule has 3 amide bonds. The van der Waals surface area contributed by atoms with Crippen LogP contribution in [0.3, 0.4) is 0 Å². The van der Waals surface area contributed by atoms with Gasteiger partial charge in [0.2, 0.25) is 11.8 Å². The van der Waals surface area contributed by atoms with E-state index in [2.05, 4.69) is 10.3 Å². The second-order valence-electron chi connectivity index (χ2n) is 4.54. The van der Waals surface area contributed by atoms with Gasteiger partial charge in [0.05, 0.1) is 4.91 Å². The molecule has 7 nitrogen and oxygen atoms in total. The van der Waals surface area contributed by atoms with E-state index in [0.29, 0.717) is 36.3 Å². The van der Waals surface area contributed by atoms with Crippen LogP contribution in [-0.2, 0) is 14.4 Å². The van der Waals surface area contributed by atoms with Gasteiger partial charge in [-0.15, -0.1) is 0 Å². The maximum atomic E-state index is 11.7. The minimum absolute atomic E-state index is 0.0694. The maximum absolute atomic E-state index is 11.7. The number of thioether (sulfide) groups is 1. The maximum Gasteiger partial charge on any atom is 0.287 e. The van der Waals surface area contributed by atoms with E-state index in [9.17, 15) is 14.4 Å². The average molecular weight is 296 g/mol. The Morgan fingerprint density at radius 3 is 2.45 bits per heavy atom. The summed E-state index contributed by atoms with van der Waals surface area (Å²) in [7, 11) is 0. The van der Waals surface area contributed by atoms with Crippen LogP contribution >= 0.6 is 11.8 Å². The Balaban J connectivity index is 1.92. The Kier molecular flexibility index (Phi) is 4.43. The van der Waals surface area contributed by atoms with Crippen LogP contribution in [0.2, 0.25) is 0 Å². The summed E-state index contributed by atoms with van der Waals surface area (Å²) in [5, 5.41) is 2.82. The highest BCUT2D eigenvalue weighted by molar-refractivity contribution is 8.18. The third-order valence-electron chi connectivity index (χ3n) is 2.96. The summed E-state index contributed by atoms with van der Waals surface area (Å²) in [5.74, 6) is -0.520. The third-order valence-corrected chi connectivity index (χ3v) is 3.85. The van der Waals surface area contributed by atoms with Crippen molar-refractivity contribution in [3.8, 4) is 0 Å². The minimum atomic E-state index is -0.340. The van der Waals surface area contributed by atoms with Crippen molar-refractivity contribution in [2.45, 2.75) is 13.8 Å². The summed E-state index contributed by atoms with van der Waals surface area (Å²) in [6, 6.07) is 0. The second kappa shape index (κ2) is 6.08. The van der Waals surface area contributed by atoms with Crippen molar-refractivity contribution in [3.63, 3.8) is 0 Å². The van der Waals surface area contributed by atoms with Crippen molar-refractivity contribution in [1.29, 1.82) is 0 Å². The molecular weight excluding hydrogens is 280 g/mol. The van der Waals surface area contributed by atoms with Crippen molar-refractivity contribution in [3.05, 3.63) is 11.1 Å². The fraction of sp³-hybridized carbons (Fsp3) is 0.500. The zero-order chi connectivity index (χ0) is 14.7. The number of amidine groups is 1. The normalized spacial score (nSPS) is 21.2. The molecule has 0 aromatic rings. The first-order chi connectivity index (χ1) is 9.45. The summed E-state index contributed by atoms with van der Waals surface area (Å²) >= 11 is 1.16. The van der Waals surface area contributed by atoms with E-state index in [-0.39, 0.29) is 17.7 Å². The van der Waals surface area contributed by atoms with E-state index in [1.807, 2.05) is 4.90 Å². The molecule has 20 heavy (non-hydrogen) atoms. The molecule has 0 saturated carbocycles. The number of nitrogens with zero attached hydrogens (tertiary/aromatic N) is 3. The predicted molar refractivity (Wildman–Crippen MR) is 75.8 cm³/mol. The lowest BCUT2D eigenvalue weighted by atomic mass is 10.3. The fourth-order valence-electron chi connectivity index (χ4n) is 1.94. The number of rotatable bonds is 1. The molecule has 1 saturated heterocycles. The third kappa shape index (κ3) is 3.60. The van der Waals surface area contributed by atoms with E-state index in [1.165, 1.54) is 6.92 Å². The van der Waals surface area contributed by atoms with Gasteiger partial charge in [0.15, 0.2) is 5.17 Å². The Labute approximate surface area is 121 Å². The summed E-state index contributed by atoms with van der Waals surface area (Å²) < 4.78 is 0. The Bertz CT molecular complexity index is 507. The first-order valence-electron chi connectivity index (χ1n) is 6.25. The van der Waals surface area contributed by atoms with Crippen LogP contribution < -0.4 is 5.32 Å². The van der Waals surface area contributed by atoms with Gasteiger partial charge in [-0.25, -0.2) is 0 Å². The number of carbonyl (C=O) groups is 3. The molecule has 0 atom stereocenters. The van der Waals surface area contributed by atoms with Crippen LogP contribution in [0.5, 0.6) is 0 Å². The second-order valence-corrected chi connectivity index (χ2v) is 5.57. The summed E-state index contributed by atoms with van der Waals surface area (Å²) in [6.07, 6.45) is 1.75. The molecule has 8 heteroatoms. The molecule has 2 aliphatic rings. The molecule has 1 N–H and O–H groups in total. The van der Waals surface area contributed by atoms with Gasteiger partial charge < -0.3 is 15.1 Å². The Hall–Kier alpha value is -1.83. The van der Waals surface area contributed by atoms with E-state index in [1.54, 1.807) is 18.0 Å². The summed E-state index contributed by atoms with van der Waals surface area (Å²) in [6.45, 7) is 5.60. The van der Waals surface area contributed by atoms with E-state index < -0.39 is 0 Å². The van der Waals surface area contributed by atoms with Crippen molar-refractivity contribution < 1.29 is 14.4 Å². The van der Waals surface area contributed by atoms with Crippen LogP contribution in [0.4, 0.5) is 0 Å². The Morgan fingerprint density at radius 1 is 1.25 bits per heavy atom. The van der Waals surface area contributed by atoms with E-state index >= 15 is 0 Å². The molecule has 0 aromatic heterocycles. The quantitative estimate of drug-likeness (QED) is 0.675. The highest BCUT2D eigenvalue weighted by Crippen LogP contribution is 2.25. The van der Waals surface area contributed by atoms with Crippen molar-refractivity contribution >= 4 is 34.7 Å². The molecule has 0 unspecified atom stereocenters. The van der Waals surface area contributed by atoms with Gasteiger partial charge in [-0.3, -0.25) is 14.4 Å². The van der Waals surface area contributed by atoms with Gasteiger partial charge >= 0.3 is 0 Å². The molecule has 0 radical (unpaired) electrons. The lowest BCUT2D eigenvalue weighted by molar-refractivity contribution is -0.130. The van der Waals surface area contributed by atoms with E-state index in [0.717, 1.165) is 11.8 Å². The number of hydrogen-bond donors (Lipinski definition) is 1. The van der Waals surface area contributed by atoms with Gasteiger partial charge in [-0.2, -0.15) is 4.99 Å². The summed E-state index contributed by atoms with van der Waals surface area (Å²) in [4.78, 5) is 41.9. The molecule has 1 fully saturated rings. The topological polar surface area (TPSA) is 82.1 Å². The number of aliphatic imine (C=N–C) groups is 1. The SMILES string of the molecule is CC(=O)NC1=NC(=O)/C(=C/N2CCN(C(C)=O)CC2)S1. The number of hydrogen-bond acceptors (Lipinski definition) is 5. The molecule has 2 heterocycles. The Morgan fingerprint density at radius 2 is 1.90 bits per heavy atom. The molecule has 0 bridgehead atoms. The van der Waals surface area contributed by atoms with Gasteiger partial charge in [-0.1, -0.05) is 0 Å². The number of nitrogens with one attached hydrogen (secondary N) is 1. The van der Waals surface area contributed by atoms with Crippen molar-refractivity contribution in [1.82, 2.24) is 15.1 Å². The molecular formula is C12H16N4O3S. The largest absolute Gasteiger partial charge is 0.373 e. The van der Waals surface area contributed by atoms with Crippen molar-refractivity contribution in [2.75, 3.05) is 26.2 Å². The van der Waals surface area contributed by atoms with Gasteiger partial charge in [0.25, 0.3) is 5.91 Å². The predicted octanol–water partition coefficient (Wildman–Crippen LogP) is -0.243. The monoisotopic (exact) mass is 296 g/mol. The number of carbonyl (C=O) groups excluding carboxylic acids is 3. The summed E-state index contributed by atoms with van der Waals surface area (Å²) in [5.41, 5.74) is 0. The van der Waals surface area contributed by atoms with Gasteiger partial charge in [0.1, 0.15) is 0 Å². The minimum Gasteiger partial charge on any atom is -0.373 e. The highest BCUT2D eigenvalue weighted by atomic mass is 32.2. The zero-order valence-corrected chi connectivity index (χ0v) is 12.2. The molecule has 108 valence electrons. The smallest absolute Gasteiger partial charge is 0.287 e. The van der Waals surface area contributed by atoms with E-state index in [4.69, 9.17) is 0 Å². The molecule has 0 spiro atoms. The standard InChI is InChI=1S/C12H16N4O3S/c1-8(17)13-12-14-11(19)10(20-12)7-15-3-5-16(6-4-15)9(2)18/h7H,3-6H2,1-2H3,(H,13,14,17,19)/b10-7-. The van der Waals surface area contributed by atoms with Gasteiger partial charge in [-0.05, 0) is 11.8 Å². The van der Waals surface area contributed by atoms with Crippen LogP contribution in [0, 0.1) is 0 Å². The first-order valence-corrected chi connectivity index (χ1v) is 7.07. The number of amides is 3. The molecule has 2 rings (SSSR count). The van der Waals surface area contributed by atoms with Gasteiger partial charge in [0, 0.05) is 46.2 Å². The average Bonchev–Trinajstić information content (AvgIpc) is 2.69. The first kappa shape index (κ1) is 14.6. The molecule has 0 aromatic carbocycles. The molecule has 0 aliphatic carbocycles. The fourth-order valence-corrected chi connectivity index (χ4v) is 2.80. The lowest BCUT2D eigenvalue weighted by Gasteiger charge is -2.33. The van der Waals surface area contributed by atoms with Crippen molar-refractivity contribution in [2.24, 2.45) is 4.99 Å². The lowest BCUT2D eigenvalue weighted by Crippen LogP contribution is -2.46. The van der Waals surface area contributed by atoms with Crippen LogP contribution in [0.25, 0.3) is 0 Å². The highest BCUT2D eigenvalue weighted by Gasteiger charge is 2.24. The van der Waals surface area contributed by atoms with Crippen LogP contribution in [0.15, 0.2) is 16.1 Å². The van der Waals surface area contributed by atoms with Crippen LogP contribution in [-0.4, -0.2) is 58.9 Å². The van der Waals surface area contributed by atoms with Crippen LogP contribution in [0.1, 0.15) is 13.8 Å².